The summed E-state index contributed by atoms with van der Waals surface area (Å²) >= 11 is -0.314. The van der Waals surface area contributed by atoms with Gasteiger partial charge in [0.15, 0.2) is 0 Å². The highest BCUT2D eigenvalue weighted by molar-refractivity contribution is 8.00. The van der Waals surface area contributed by atoms with Crippen molar-refractivity contribution in [2.45, 2.75) is 36.1 Å². The standard InChI is InChI=1S/C16H19F3N2O2S/c17-16(18,19)24-13-8-4-3-7-12(13)15(23)21-10-9-20-14(22)11-5-1-2-6-11/h3-4,7-8,11H,1-2,5-6,9-10H2,(H,20,22)(H,21,23). The fourth-order valence-corrected chi connectivity index (χ4v) is 3.32. The fraction of sp³-hybridized carbons (Fsp3) is 0.500. The van der Waals surface area contributed by atoms with E-state index in [2.05, 4.69) is 10.6 Å². The molecule has 24 heavy (non-hydrogen) atoms. The molecule has 1 fully saturated rings. The molecule has 1 aliphatic carbocycles. The highest BCUT2D eigenvalue weighted by Crippen LogP contribution is 2.38. The van der Waals surface area contributed by atoms with Crippen molar-refractivity contribution in [3.63, 3.8) is 0 Å². The third-order valence-corrected chi connectivity index (χ3v) is 4.60. The average Bonchev–Trinajstić information content (AvgIpc) is 3.04. The quantitative estimate of drug-likeness (QED) is 0.604. The molecule has 0 unspecified atom stereocenters. The number of rotatable bonds is 6. The Hall–Kier alpha value is -1.70. The van der Waals surface area contributed by atoms with Gasteiger partial charge < -0.3 is 10.6 Å². The molecule has 132 valence electrons. The normalized spacial score (nSPS) is 15.3. The summed E-state index contributed by atoms with van der Waals surface area (Å²) in [7, 11) is 0. The minimum absolute atomic E-state index is 0.0187. The van der Waals surface area contributed by atoms with Crippen molar-refractivity contribution in [2.24, 2.45) is 5.92 Å². The summed E-state index contributed by atoms with van der Waals surface area (Å²) in [6, 6.07) is 5.57. The van der Waals surface area contributed by atoms with Crippen molar-refractivity contribution >= 4 is 23.6 Å². The molecule has 1 aromatic rings. The molecule has 0 atom stereocenters. The number of halogens is 3. The minimum Gasteiger partial charge on any atom is -0.354 e. The molecule has 0 saturated heterocycles. The Kier molecular flexibility index (Phi) is 6.53. The molecule has 1 saturated carbocycles. The second-order valence-corrected chi connectivity index (χ2v) is 6.68. The van der Waals surface area contributed by atoms with Crippen LogP contribution < -0.4 is 10.6 Å². The summed E-state index contributed by atoms with van der Waals surface area (Å²) in [5.74, 6) is -0.558. The van der Waals surface area contributed by atoms with Crippen LogP contribution in [-0.2, 0) is 4.79 Å². The number of carbonyl (C=O) groups excluding carboxylic acids is 2. The van der Waals surface area contributed by atoms with Crippen molar-refractivity contribution in [1.29, 1.82) is 0 Å². The monoisotopic (exact) mass is 360 g/mol. The van der Waals surface area contributed by atoms with E-state index >= 15 is 0 Å². The van der Waals surface area contributed by atoms with Gasteiger partial charge in [0.05, 0.1) is 5.56 Å². The zero-order valence-corrected chi connectivity index (χ0v) is 13.8. The molecule has 0 aromatic heterocycles. The number of hydrogen-bond donors (Lipinski definition) is 2. The maximum atomic E-state index is 12.5. The van der Waals surface area contributed by atoms with Crippen LogP contribution in [0.4, 0.5) is 13.2 Å². The SMILES string of the molecule is O=C(NCCNC(=O)C1CCCC1)c1ccccc1SC(F)(F)F. The first kappa shape index (κ1) is 18.6. The molecule has 1 aromatic carbocycles. The van der Waals surface area contributed by atoms with Crippen LogP contribution in [-0.4, -0.2) is 30.4 Å². The highest BCUT2D eigenvalue weighted by atomic mass is 32.2. The number of nitrogens with one attached hydrogen (secondary N) is 2. The zero-order valence-electron chi connectivity index (χ0n) is 13.0. The van der Waals surface area contributed by atoms with Gasteiger partial charge in [0.25, 0.3) is 5.91 Å². The smallest absolute Gasteiger partial charge is 0.354 e. The topological polar surface area (TPSA) is 58.2 Å². The molecular formula is C16H19F3N2O2S. The van der Waals surface area contributed by atoms with Crippen LogP contribution in [0.2, 0.25) is 0 Å². The van der Waals surface area contributed by atoms with Gasteiger partial charge in [0, 0.05) is 23.9 Å². The number of hydrogen-bond acceptors (Lipinski definition) is 3. The molecule has 2 rings (SSSR count). The fourth-order valence-electron chi connectivity index (χ4n) is 2.66. The lowest BCUT2D eigenvalue weighted by Gasteiger charge is -2.13. The predicted molar refractivity (Wildman–Crippen MR) is 85.7 cm³/mol. The first-order valence-corrected chi connectivity index (χ1v) is 8.59. The maximum Gasteiger partial charge on any atom is 0.446 e. The van der Waals surface area contributed by atoms with Crippen LogP contribution in [0.5, 0.6) is 0 Å². The second-order valence-electron chi connectivity index (χ2n) is 5.57. The van der Waals surface area contributed by atoms with Crippen molar-refractivity contribution < 1.29 is 22.8 Å². The van der Waals surface area contributed by atoms with E-state index < -0.39 is 11.4 Å². The lowest BCUT2D eigenvalue weighted by molar-refractivity contribution is -0.124. The van der Waals surface area contributed by atoms with E-state index in [-0.39, 0.29) is 47.1 Å². The summed E-state index contributed by atoms with van der Waals surface area (Å²) in [6.45, 7) is 0.429. The van der Waals surface area contributed by atoms with Gasteiger partial charge in [-0.3, -0.25) is 9.59 Å². The van der Waals surface area contributed by atoms with Crippen molar-refractivity contribution in [3.8, 4) is 0 Å². The van der Waals surface area contributed by atoms with E-state index in [4.69, 9.17) is 0 Å². The lowest BCUT2D eigenvalue weighted by Crippen LogP contribution is -2.37. The first-order valence-electron chi connectivity index (χ1n) is 7.77. The van der Waals surface area contributed by atoms with E-state index in [1.165, 1.54) is 24.3 Å². The molecular weight excluding hydrogens is 341 g/mol. The predicted octanol–water partition coefficient (Wildman–Crippen LogP) is 3.33. The van der Waals surface area contributed by atoms with Crippen molar-refractivity contribution in [2.75, 3.05) is 13.1 Å². The highest BCUT2D eigenvalue weighted by Gasteiger charge is 2.31. The van der Waals surface area contributed by atoms with E-state index in [0.717, 1.165) is 25.7 Å². The molecule has 2 N–H and O–H groups in total. The van der Waals surface area contributed by atoms with Gasteiger partial charge in [-0.05, 0) is 36.7 Å². The van der Waals surface area contributed by atoms with Gasteiger partial charge in [0.2, 0.25) is 5.91 Å². The van der Waals surface area contributed by atoms with Gasteiger partial charge in [0.1, 0.15) is 0 Å². The molecule has 0 spiro atoms. The molecule has 8 heteroatoms. The van der Waals surface area contributed by atoms with Crippen LogP contribution in [0, 0.1) is 5.92 Å². The third kappa shape index (κ3) is 5.74. The maximum absolute atomic E-state index is 12.5. The average molecular weight is 360 g/mol. The van der Waals surface area contributed by atoms with Crippen molar-refractivity contribution in [1.82, 2.24) is 10.6 Å². The molecule has 2 amide bonds. The summed E-state index contributed by atoms with van der Waals surface area (Å²) < 4.78 is 37.5. The van der Waals surface area contributed by atoms with Crippen LogP contribution in [0.1, 0.15) is 36.0 Å². The minimum atomic E-state index is -4.45. The first-order chi connectivity index (χ1) is 11.4. The van der Waals surface area contributed by atoms with Gasteiger partial charge in [-0.1, -0.05) is 25.0 Å². The Morgan fingerprint density at radius 3 is 2.38 bits per heavy atom. The number of alkyl halides is 3. The third-order valence-electron chi connectivity index (χ3n) is 3.79. The van der Waals surface area contributed by atoms with E-state index in [9.17, 15) is 22.8 Å². The summed E-state index contributed by atoms with van der Waals surface area (Å²) in [5, 5.41) is 5.28. The lowest BCUT2D eigenvalue weighted by atomic mass is 10.1. The Bertz CT molecular complexity index is 587. The zero-order chi connectivity index (χ0) is 17.6. The van der Waals surface area contributed by atoms with E-state index in [0.29, 0.717) is 0 Å². The molecule has 0 bridgehead atoms. The summed E-state index contributed by atoms with van der Waals surface area (Å²) in [4.78, 5) is 23.7. The van der Waals surface area contributed by atoms with Crippen LogP contribution in [0.3, 0.4) is 0 Å². The van der Waals surface area contributed by atoms with E-state index in [1.807, 2.05) is 0 Å². The molecule has 1 aliphatic rings. The summed E-state index contributed by atoms with van der Waals surface area (Å²) in [5.41, 5.74) is -4.48. The van der Waals surface area contributed by atoms with Gasteiger partial charge in [-0.25, -0.2) is 0 Å². The molecule has 0 aliphatic heterocycles. The number of thioether (sulfide) groups is 1. The number of amides is 2. The largest absolute Gasteiger partial charge is 0.446 e. The van der Waals surface area contributed by atoms with Gasteiger partial charge in [-0.15, -0.1) is 0 Å². The van der Waals surface area contributed by atoms with Gasteiger partial charge in [-0.2, -0.15) is 13.2 Å². The van der Waals surface area contributed by atoms with E-state index in [1.54, 1.807) is 0 Å². The van der Waals surface area contributed by atoms with Crippen LogP contribution in [0.15, 0.2) is 29.2 Å². The Labute approximate surface area is 142 Å². The van der Waals surface area contributed by atoms with Crippen LogP contribution >= 0.6 is 11.8 Å². The Balaban J connectivity index is 1.81. The van der Waals surface area contributed by atoms with Crippen LogP contribution in [0.25, 0.3) is 0 Å². The Morgan fingerprint density at radius 1 is 1.08 bits per heavy atom. The molecule has 4 nitrogen and oxygen atoms in total. The van der Waals surface area contributed by atoms with Crippen molar-refractivity contribution in [3.05, 3.63) is 29.8 Å². The van der Waals surface area contributed by atoms with Gasteiger partial charge >= 0.3 is 5.51 Å². The number of carbonyl (C=O) groups is 2. The Morgan fingerprint density at radius 2 is 1.71 bits per heavy atom. The summed E-state index contributed by atoms with van der Waals surface area (Å²) in [6.07, 6.45) is 3.89. The molecule has 0 heterocycles. The second kappa shape index (κ2) is 8.41. The number of benzene rings is 1. The molecule has 0 radical (unpaired) electrons.